The molecular weight excluding hydrogens is 554 g/mol. The zero-order valence-corrected chi connectivity index (χ0v) is 25.3. The topological polar surface area (TPSA) is 121 Å². The van der Waals surface area contributed by atoms with Crippen molar-refractivity contribution in [3.63, 3.8) is 0 Å². The summed E-state index contributed by atoms with van der Waals surface area (Å²) in [5.74, 6) is 1.73. The van der Waals surface area contributed by atoms with E-state index < -0.39 is 11.0 Å². The molecule has 0 bridgehead atoms. The Hall–Kier alpha value is -4.26. The number of nitrogens with one attached hydrogen (secondary N) is 3. The molecule has 0 radical (unpaired) electrons. The van der Waals surface area contributed by atoms with Crippen LogP contribution >= 0.6 is 0 Å². The maximum atomic E-state index is 13.5. The lowest BCUT2D eigenvalue weighted by molar-refractivity contribution is -0.117. The fourth-order valence-corrected chi connectivity index (χ4v) is 5.06. The number of likely N-dealkylation sites (N-methyl/N-ethyl adjacent to an activating group) is 1. The summed E-state index contributed by atoms with van der Waals surface area (Å²) in [5.41, 5.74) is 2.52. The van der Waals surface area contributed by atoms with Gasteiger partial charge in [-0.3, -0.25) is 14.4 Å². The molecule has 1 aromatic heterocycles. The van der Waals surface area contributed by atoms with Crippen molar-refractivity contribution in [1.29, 1.82) is 0 Å². The van der Waals surface area contributed by atoms with E-state index in [2.05, 4.69) is 20.3 Å². The number of nitrogens with zero attached hydrogens (tertiary/aromatic N) is 4. The molecule has 0 spiro atoms. The summed E-state index contributed by atoms with van der Waals surface area (Å²) < 4.78 is 27.3. The fourth-order valence-electron chi connectivity index (χ4n) is 4.19. The van der Waals surface area contributed by atoms with Gasteiger partial charge in [-0.2, -0.15) is 0 Å². The van der Waals surface area contributed by atoms with Crippen LogP contribution in [0, 0.1) is 0 Å². The highest BCUT2D eigenvalue weighted by Gasteiger charge is 2.15. The second-order valence-corrected chi connectivity index (χ2v) is 11.2. The molecule has 0 aliphatic carbocycles. The van der Waals surface area contributed by atoms with Gasteiger partial charge in [-0.25, -0.2) is 14.2 Å². The van der Waals surface area contributed by atoms with E-state index in [0.29, 0.717) is 50.4 Å². The third-order valence-electron chi connectivity index (χ3n) is 6.26. The average Bonchev–Trinajstić information content (AvgIpc) is 2.97. The van der Waals surface area contributed by atoms with Crippen molar-refractivity contribution in [2.45, 2.75) is 11.3 Å². The molecule has 0 saturated heterocycles. The first-order valence-electron chi connectivity index (χ1n) is 13.4. The van der Waals surface area contributed by atoms with Gasteiger partial charge in [0.15, 0.2) is 22.6 Å². The fraction of sp³-hybridized carbons (Fsp3) is 0.300. The molecule has 0 aliphatic rings. The minimum Gasteiger partial charge on any atom is -0.497 e. The Kier molecular flexibility index (Phi) is 10.7. The Bertz CT molecular complexity index is 1530. The lowest BCUT2D eigenvalue weighted by Crippen LogP contribution is -2.32. The monoisotopic (exact) mass is 591 g/mol. The molecule has 1 heterocycles. The predicted octanol–water partition coefficient (Wildman–Crippen LogP) is 4.35. The maximum absolute atomic E-state index is 13.5. The van der Waals surface area contributed by atoms with E-state index >= 15 is 0 Å². The summed E-state index contributed by atoms with van der Waals surface area (Å²) in [7, 11) is 7.42. The second kappa shape index (κ2) is 14.6. The Labute approximate surface area is 248 Å². The zero-order valence-electron chi connectivity index (χ0n) is 24.5. The SMILES string of the molecule is COc1cc(Nc2nc3ccccc3nc2NS(=O)c2cccc(NC(=O)CN(C)CCCN(C)C)c2)cc(OC)c1. The van der Waals surface area contributed by atoms with E-state index in [1.54, 1.807) is 56.7 Å². The number of hydrogen-bond acceptors (Lipinski definition) is 9. The van der Waals surface area contributed by atoms with Crippen LogP contribution in [0.1, 0.15) is 6.42 Å². The van der Waals surface area contributed by atoms with Crippen molar-refractivity contribution in [2.75, 3.05) is 70.4 Å². The number of aromatic nitrogens is 2. The van der Waals surface area contributed by atoms with Crippen LogP contribution in [0.3, 0.4) is 0 Å². The van der Waals surface area contributed by atoms with Crippen molar-refractivity contribution in [2.24, 2.45) is 0 Å². The first-order valence-corrected chi connectivity index (χ1v) is 14.6. The van der Waals surface area contributed by atoms with Crippen LogP contribution in [0.25, 0.3) is 11.0 Å². The van der Waals surface area contributed by atoms with E-state index in [-0.39, 0.29) is 12.5 Å². The minimum absolute atomic E-state index is 0.140. The Balaban J connectivity index is 1.51. The van der Waals surface area contributed by atoms with Gasteiger partial charge in [-0.15, -0.1) is 0 Å². The van der Waals surface area contributed by atoms with Crippen LogP contribution < -0.4 is 24.8 Å². The summed E-state index contributed by atoms with van der Waals surface area (Å²) in [5, 5.41) is 6.16. The van der Waals surface area contributed by atoms with Gasteiger partial charge in [0.1, 0.15) is 11.5 Å². The molecule has 0 aliphatic heterocycles. The Morgan fingerprint density at radius 1 is 0.833 bits per heavy atom. The number of anilines is 4. The third kappa shape index (κ3) is 8.62. The number of para-hydroxylation sites is 2. The van der Waals surface area contributed by atoms with E-state index in [1.807, 2.05) is 50.3 Å². The number of benzene rings is 3. The molecule has 1 amide bonds. The van der Waals surface area contributed by atoms with E-state index in [9.17, 15) is 9.00 Å². The maximum Gasteiger partial charge on any atom is 0.238 e. The lowest BCUT2D eigenvalue weighted by atomic mass is 10.2. The minimum atomic E-state index is -1.71. The molecule has 11 nitrogen and oxygen atoms in total. The van der Waals surface area contributed by atoms with Crippen molar-refractivity contribution >= 4 is 50.9 Å². The zero-order chi connectivity index (χ0) is 30.1. The van der Waals surface area contributed by atoms with Crippen molar-refractivity contribution < 1.29 is 18.5 Å². The summed E-state index contributed by atoms with van der Waals surface area (Å²) >= 11 is 0. The number of carbonyl (C=O) groups is 1. The van der Waals surface area contributed by atoms with Gasteiger partial charge in [0, 0.05) is 29.6 Å². The number of fused-ring (bicyclic) bond motifs is 1. The average molecular weight is 592 g/mol. The second-order valence-electron chi connectivity index (χ2n) is 9.98. The van der Waals surface area contributed by atoms with Gasteiger partial charge in [-0.1, -0.05) is 18.2 Å². The lowest BCUT2D eigenvalue weighted by Gasteiger charge is -2.18. The van der Waals surface area contributed by atoms with Crippen LogP contribution in [0.2, 0.25) is 0 Å². The number of ether oxygens (including phenoxy) is 2. The largest absolute Gasteiger partial charge is 0.497 e. The van der Waals surface area contributed by atoms with E-state index in [4.69, 9.17) is 19.4 Å². The van der Waals surface area contributed by atoms with E-state index in [0.717, 1.165) is 19.5 Å². The number of amides is 1. The molecule has 222 valence electrons. The molecule has 42 heavy (non-hydrogen) atoms. The first-order chi connectivity index (χ1) is 20.2. The Morgan fingerprint density at radius 3 is 2.14 bits per heavy atom. The van der Waals surface area contributed by atoms with Gasteiger partial charge < -0.3 is 25.0 Å². The van der Waals surface area contributed by atoms with Crippen LogP contribution in [-0.4, -0.2) is 84.9 Å². The summed E-state index contributed by atoms with van der Waals surface area (Å²) in [6.45, 7) is 2.03. The molecule has 4 rings (SSSR count). The third-order valence-corrected chi connectivity index (χ3v) is 7.33. The quantitative estimate of drug-likeness (QED) is 0.197. The van der Waals surface area contributed by atoms with Gasteiger partial charge in [0.05, 0.1) is 36.7 Å². The highest BCUT2D eigenvalue weighted by molar-refractivity contribution is 7.86. The van der Waals surface area contributed by atoms with Crippen LogP contribution in [-0.2, 0) is 15.8 Å². The van der Waals surface area contributed by atoms with Crippen molar-refractivity contribution in [3.8, 4) is 11.5 Å². The molecule has 3 aromatic carbocycles. The predicted molar refractivity (Wildman–Crippen MR) is 168 cm³/mol. The molecular formula is C30H37N7O4S. The van der Waals surface area contributed by atoms with Gasteiger partial charge in [0.25, 0.3) is 0 Å². The van der Waals surface area contributed by atoms with Gasteiger partial charge in [0.2, 0.25) is 5.91 Å². The number of hydrogen-bond donors (Lipinski definition) is 3. The normalized spacial score (nSPS) is 11.9. The highest BCUT2D eigenvalue weighted by Crippen LogP contribution is 2.31. The van der Waals surface area contributed by atoms with Gasteiger partial charge in [-0.05, 0) is 71.0 Å². The summed E-state index contributed by atoms with van der Waals surface area (Å²) in [6, 6.07) is 19.7. The molecule has 1 atom stereocenters. The molecule has 12 heteroatoms. The summed E-state index contributed by atoms with van der Waals surface area (Å²) in [6.07, 6.45) is 0.969. The van der Waals surface area contributed by atoms with E-state index in [1.165, 1.54) is 0 Å². The van der Waals surface area contributed by atoms with Crippen LogP contribution in [0.4, 0.5) is 23.0 Å². The smallest absolute Gasteiger partial charge is 0.238 e. The molecule has 0 saturated carbocycles. The molecule has 0 fully saturated rings. The molecule has 1 unspecified atom stereocenters. The van der Waals surface area contributed by atoms with Crippen LogP contribution in [0.5, 0.6) is 11.5 Å². The molecule has 4 aromatic rings. The van der Waals surface area contributed by atoms with Crippen molar-refractivity contribution in [3.05, 3.63) is 66.7 Å². The van der Waals surface area contributed by atoms with Gasteiger partial charge >= 0.3 is 0 Å². The number of carbonyl (C=O) groups excluding carboxylic acids is 1. The number of methoxy groups -OCH3 is 2. The Morgan fingerprint density at radius 2 is 1.50 bits per heavy atom. The first kappa shape index (κ1) is 30.7. The van der Waals surface area contributed by atoms with Crippen LogP contribution in [0.15, 0.2) is 71.6 Å². The standard InChI is InChI=1S/C30H37N7O4S/c1-36(2)14-9-15-37(3)20-28(38)31-21-10-8-11-25(18-21)42(39)35-30-29(33-26-12-6-7-13-27(26)34-30)32-22-16-23(40-4)19-24(17-22)41-5/h6-8,10-13,16-19H,9,14-15,20H2,1-5H3,(H,31,38)(H,32,33)(H,34,35). The highest BCUT2D eigenvalue weighted by atomic mass is 32.2. The number of rotatable bonds is 14. The van der Waals surface area contributed by atoms with Crippen molar-refractivity contribution in [1.82, 2.24) is 19.8 Å². The molecule has 3 N–H and O–H groups in total. The summed E-state index contributed by atoms with van der Waals surface area (Å²) in [4.78, 5) is 26.6.